The van der Waals surface area contributed by atoms with E-state index in [0.717, 1.165) is 11.1 Å². The molecule has 3 aromatic rings. The van der Waals surface area contributed by atoms with Gasteiger partial charge in [-0.1, -0.05) is 48.0 Å². The van der Waals surface area contributed by atoms with Crippen LogP contribution in [0.25, 0.3) is 6.08 Å². The van der Waals surface area contributed by atoms with E-state index in [4.69, 9.17) is 21.1 Å². The van der Waals surface area contributed by atoms with Crippen LogP contribution in [-0.4, -0.2) is 25.5 Å². The maximum atomic E-state index is 13.3. The normalized spacial score (nSPS) is 10.3. The Balaban J connectivity index is 2.04. The largest absolute Gasteiger partial charge is 0.491 e. The molecule has 0 atom stereocenters. The molecule has 0 aliphatic carbocycles. The van der Waals surface area contributed by atoms with Gasteiger partial charge >= 0.3 is 0 Å². The minimum atomic E-state index is -0.551. The average molecular weight is 479 g/mol. The van der Waals surface area contributed by atoms with E-state index in [-0.39, 0.29) is 5.57 Å². The van der Waals surface area contributed by atoms with Crippen molar-refractivity contribution in [3.63, 3.8) is 0 Å². The zero-order chi connectivity index (χ0) is 24.7. The lowest BCUT2D eigenvalue weighted by Gasteiger charge is -2.14. The van der Waals surface area contributed by atoms with Gasteiger partial charge in [0.1, 0.15) is 5.57 Å². The van der Waals surface area contributed by atoms with Crippen LogP contribution < -0.4 is 20.1 Å². The zero-order valence-corrected chi connectivity index (χ0v) is 20.3. The van der Waals surface area contributed by atoms with Crippen LogP contribution in [0.2, 0.25) is 5.02 Å². The quantitative estimate of drug-likeness (QED) is 0.235. The number of halogens is 1. The molecule has 0 spiro atoms. The van der Waals surface area contributed by atoms with Crippen LogP contribution in [0.3, 0.4) is 0 Å². The summed E-state index contributed by atoms with van der Waals surface area (Å²) in [6, 6.07) is 18.0. The molecule has 0 saturated heterocycles. The molecule has 0 heterocycles. The third-order valence-corrected chi connectivity index (χ3v) is 5.40. The van der Waals surface area contributed by atoms with Crippen LogP contribution in [0, 0.1) is 13.8 Å². The molecule has 0 aliphatic heterocycles. The Bertz CT molecular complexity index is 1180. The highest BCUT2D eigenvalue weighted by Crippen LogP contribution is 2.37. The number of hydrogen-bond acceptors (Lipinski definition) is 4. The summed E-state index contributed by atoms with van der Waals surface area (Å²) in [5, 5.41) is 5.97. The molecule has 0 aliphatic rings. The number of hydrogen-bond donors (Lipinski definition) is 2. The Morgan fingerprint density at radius 2 is 1.44 bits per heavy atom. The van der Waals surface area contributed by atoms with Crippen molar-refractivity contribution in [2.75, 3.05) is 24.4 Å². The van der Waals surface area contributed by atoms with Crippen molar-refractivity contribution in [1.29, 1.82) is 0 Å². The Kier molecular flexibility index (Phi) is 8.33. The Labute approximate surface area is 204 Å². The van der Waals surface area contributed by atoms with Crippen LogP contribution >= 0.6 is 11.6 Å². The van der Waals surface area contributed by atoms with E-state index in [2.05, 4.69) is 10.6 Å². The number of ether oxygens (including phenoxy) is 2. The summed E-state index contributed by atoms with van der Waals surface area (Å²) >= 11 is 6.38. The van der Waals surface area contributed by atoms with Gasteiger partial charge < -0.3 is 20.1 Å². The second-order valence-corrected chi connectivity index (χ2v) is 7.97. The third-order valence-electron chi connectivity index (χ3n) is 5.12. The van der Waals surface area contributed by atoms with Gasteiger partial charge in [0.2, 0.25) is 0 Å². The number of benzene rings is 3. The summed E-state index contributed by atoms with van der Waals surface area (Å²) < 4.78 is 11.0. The predicted molar refractivity (Wildman–Crippen MR) is 137 cm³/mol. The summed E-state index contributed by atoms with van der Waals surface area (Å²) in [4.78, 5) is 26.6. The van der Waals surface area contributed by atoms with Crippen LogP contribution in [0.4, 0.5) is 11.4 Å². The van der Waals surface area contributed by atoms with Crippen molar-refractivity contribution in [2.24, 2.45) is 0 Å². The van der Waals surface area contributed by atoms with Crippen LogP contribution in [0.15, 0.2) is 66.2 Å². The van der Waals surface area contributed by atoms with Crippen molar-refractivity contribution in [2.45, 2.75) is 20.8 Å². The Morgan fingerprint density at radius 3 is 1.91 bits per heavy atom. The molecule has 0 bridgehead atoms. The minimum absolute atomic E-state index is 0.0878. The molecular formula is C27H27ClN2O4. The maximum absolute atomic E-state index is 13.3. The van der Waals surface area contributed by atoms with E-state index in [0.29, 0.717) is 40.1 Å². The SMILES string of the molecule is CCOc1cc(C=C(C(=O)Nc2ccccc2C)C(=O)Nc2ccccc2C)cc(Cl)c1OC. The lowest BCUT2D eigenvalue weighted by molar-refractivity contribution is -0.118. The fourth-order valence-electron chi connectivity index (χ4n) is 3.34. The number of aryl methyl sites for hydroxylation is 2. The number of carbonyl (C=O) groups is 2. The van der Waals surface area contributed by atoms with E-state index in [1.165, 1.54) is 13.2 Å². The van der Waals surface area contributed by atoms with Crippen molar-refractivity contribution in [1.82, 2.24) is 0 Å². The van der Waals surface area contributed by atoms with Gasteiger partial charge in [0.15, 0.2) is 11.5 Å². The zero-order valence-electron chi connectivity index (χ0n) is 19.6. The van der Waals surface area contributed by atoms with Crippen LogP contribution in [-0.2, 0) is 9.59 Å². The van der Waals surface area contributed by atoms with Gasteiger partial charge in [-0.2, -0.15) is 0 Å². The summed E-state index contributed by atoms with van der Waals surface area (Å²) in [5.41, 5.74) is 3.41. The van der Waals surface area contributed by atoms with E-state index in [1.807, 2.05) is 57.2 Å². The molecule has 176 valence electrons. The van der Waals surface area contributed by atoms with E-state index in [1.54, 1.807) is 24.3 Å². The van der Waals surface area contributed by atoms with Crippen molar-refractivity contribution < 1.29 is 19.1 Å². The molecule has 0 aromatic heterocycles. The number of amides is 2. The van der Waals surface area contributed by atoms with Crippen molar-refractivity contribution in [3.8, 4) is 11.5 Å². The van der Waals surface area contributed by atoms with Crippen molar-refractivity contribution in [3.05, 3.63) is 87.9 Å². The third kappa shape index (κ3) is 5.97. The van der Waals surface area contributed by atoms with Crippen LogP contribution in [0.1, 0.15) is 23.6 Å². The lowest BCUT2D eigenvalue weighted by Crippen LogP contribution is -2.26. The molecule has 2 N–H and O–H groups in total. The fraction of sp³-hybridized carbons (Fsp3) is 0.185. The number of nitrogens with one attached hydrogen (secondary N) is 2. The molecule has 34 heavy (non-hydrogen) atoms. The highest BCUT2D eigenvalue weighted by Gasteiger charge is 2.21. The number of anilines is 2. The van der Waals surface area contributed by atoms with E-state index >= 15 is 0 Å². The van der Waals surface area contributed by atoms with Gasteiger partial charge in [0, 0.05) is 11.4 Å². The molecule has 3 rings (SSSR count). The summed E-state index contributed by atoms with van der Waals surface area (Å²) in [7, 11) is 1.50. The smallest absolute Gasteiger partial charge is 0.261 e. The number of methoxy groups -OCH3 is 1. The second kappa shape index (κ2) is 11.4. The van der Waals surface area contributed by atoms with E-state index in [9.17, 15) is 9.59 Å². The molecule has 6 nitrogen and oxygen atoms in total. The average Bonchev–Trinajstić information content (AvgIpc) is 2.80. The first-order valence-corrected chi connectivity index (χ1v) is 11.2. The molecule has 7 heteroatoms. The summed E-state index contributed by atoms with van der Waals surface area (Å²) in [6.07, 6.45) is 1.48. The van der Waals surface area contributed by atoms with Gasteiger partial charge in [-0.3, -0.25) is 9.59 Å². The van der Waals surface area contributed by atoms with Gasteiger partial charge in [-0.05, 0) is 67.8 Å². The molecule has 3 aromatic carbocycles. The van der Waals surface area contributed by atoms with Gasteiger partial charge in [0.05, 0.1) is 18.7 Å². The Hall–Kier alpha value is -3.77. The summed E-state index contributed by atoms with van der Waals surface area (Å²) in [6.45, 7) is 5.99. The molecule has 0 fully saturated rings. The highest BCUT2D eigenvalue weighted by atomic mass is 35.5. The molecular weight excluding hydrogens is 452 g/mol. The first-order chi connectivity index (χ1) is 16.3. The monoisotopic (exact) mass is 478 g/mol. The Morgan fingerprint density at radius 1 is 0.912 bits per heavy atom. The molecule has 0 saturated carbocycles. The minimum Gasteiger partial charge on any atom is -0.491 e. The molecule has 0 radical (unpaired) electrons. The predicted octanol–water partition coefficient (Wildman–Crippen LogP) is 6.02. The first kappa shape index (κ1) is 24.9. The van der Waals surface area contributed by atoms with E-state index < -0.39 is 11.8 Å². The lowest BCUT2D eigenvalue weighted by atomic mass is 10.1. The molecule has 0 unspecified atom stereocenters. The maximum Gasteiger partial charge on any atom is 0.261 e. The highest BCUT2D eigenvalue weighted by molar-refractivity contribution is 6.33. The van der Waals surface area contributed by atoms with Gasteiger partial charge in [-0.15, -0.1) is 0 Å². The van der Waals surface area contributed by atoms with Gasteiger partial charge in [-0.25, -0.2) is 0 Å². The van der Waals surface area contributed by atoms with Crippen LogP contribution in [0.5, 0.6) is 11.5 Å². The second-order valence-electron chi connectivity index (χ2n) is 7.56. The molecule has 2 amide bonds. The number of carbonyl (C=O) groups excluding carboxylic acids is 2. The standard InChI is InChI=1S/C27H27ClN2O4/c1-5-34-24-16-19(15-21(28)25(24)33-4)14-20(26(31)29-22-12-8-6-10-17(22)2)27(32)30-23-13-9-7-11-18(23)3/h6-16H,5H2,1-4H3,(H,29,31)(H,30,32). The van der Waals surface area contributed by atoms with Gasteiger partial charge in [0.25, 0.3) is 11.8 Å². The van der Waals surface area contributed by atoms with Crippen molar-refractivity contribution >= 4 is 40.9 Å². The topological polar surface area (TPSA) is 76.7 Å². The number of para-hydroxylation sites is 2. The summed E-state index contributed by atoms with van der Waals surface area (Å²) in [5.74, 6) is -0.298. The number of rotatable bonds is 8. The fourth-order valence-corrected chi connectivity index (χ4v) is 3.64. The first-order valence-electron chi connectivity index (χ1n) is 10.8.